The number of amides is 3. The van der Waals surface area contributed by atoms with Crippen molar-refractivity contribution < 1.29 is 14.4 Å². The van der Waals surface area contributed by atoms with Crippen molar-refractivity contribution in [1.29, 1.82) is 0 Å². The van der Waals surface area contributed by atoms with E-state index in [9.17, 15) is 14.4 Å². The van der Waals surface area contributed by atoms with E-state index in [0.29, 0.717) is 43.9 Å². The van der Waals surface area contributed by atoms with Gasteiger partial charge < -0.3 is 15.1 Å². The molecule has 1 fully saturated rings. The number of carbonyl (C=O) groups is 3. The molecule has 27 heavy (non-hydrogen) atoms. The minimum atomic E-state index is -0.149. The number of nitrogens with zero attached hydrogens (tertiary/aromatic N) is 2. The quantitative estimate of drug-likeness (QED) is 0.790. The highest BCUT2D eigenvalue weighted by Crippen LogP contribution is 2.10. The molecule has 0 saturated carbocycles. The van der Waals surface area contributed by atoms with E-state index in [-0.39, 0.29) is 11.8 Å². The normalized spacial score (nSPS) is 13.9. The fraction of sp³-hybridized carbons (Fsp3) is 0.286. The van der Waals surface area contributed by atoms with E-state index in [4.69, 9.17) is 0 Å². The predicted molar refractivity (Wildman–Crippen MR) is 102 cm³/mol. The van der Waals surface area contributed by atoms with Crippen molar-refractivity contribution >= 4 is 18.2 Å². The summed E-state index contributed by atoms with van der Waals surface area (Å²) in [6, 6.07) is 16.7. The lowest BCUT2D eigenvalue weighted by atomic mass is 10.1. The molecular formula is C21H23N3O3. The maximum absolute atomic E-state index is 12.5. The molecule has 2 aromatic rings. The van der Waals surface area contributed by atoms with Crippen LogP contribution in [0, 0.1) is 0 Å². The zero-order valence-electron chi connectivity index (χ0n) is 15.1. The molecule has 1 saturated heterocycles. The Bertz CT molecular complexity index is 782. The lowest BCUT2D eigenvalue weighted by molar-refractivity contribution is -0.119. The van der Waals surface area contributed by atoms with Gasteiger partial charge in [-0.05, 0) is 36.2 Å². The second-order valence-electron chi connectivity index (χ2n) is 6.50. The molecule has 3 amide bonds. The first-order chi connectivity index (χ1) is 13.2. The number of rotatable bonds is 6. The lowest BCUT2D eigenvalue weighted by Crippen LogP contribution is -2.48. The Morgan fingerprint density at radius 1 is 0.889 bits per heavy atom. The fourth-order valence-electron chi connectivity index (χ4n) is 3.04. The number of hydrogen-bond acceptors (Lipinski definition) is 3. The summed E-state index contributed by atoms with van der Waals surface area (Å²) >= 11 is 0. The van der Waals surface area contributed by atoms with Crippen LogP contribution in [0.4, 0.5) is 0 Å². The SMILES string of the molecule is O=CN1CCN(C(=O)c2ccc(C(=O)NCCc3ccccc3)cc2)CC1. The van der Waals surface area contributed by atoms with Gasteiger partial charge in [-0.25, -0.2) is 0 Å². The van der Waals surface area contributed by atoms with Crippen LogP contribution in [0.2, 0.25) is 0 Å². The second-order valence-corrected chi connectivity index (χ2v) is 6.50. The predicted octanol–water partition coefficient (Wildman–Crippen LogP) is 1.57. The van der Waals surface area contributed by atoms with E-state index < -0.39 is 0 Å². The highest BCUT2D eigenvalue weighted by Gasteiger charge is 2.21. The van der Waals surface area contributed by atoms with Crippen molar-refractivity contribution in [2.24, 2.45) is 0 Å². The highest BCUT2D eigenvalue weighted by atomic mass is 16.2. The Hall–Kier alpha value is -3.15. The maximum Gasteiger partial charge on any atom is 0.253 e. The first-order valence-corrected chi connectivity index (χ1v) is 9.08. The molecule has 0 aliphatic carbocycles. The first kappa shape index (κ1) is 18.6. The molecule has 6 nitrogen and oxygen atoms in total. The maximum atomic E-state index is 12.5. The summed E-state index contributed by atoms with van der Waals surface area (Å²) in [5.74, 6) is -0.221. The molecule has 0 bridgehead atoms. The van der Waals surface area contributed by atoms with Crippen molar-refractivity contribution in [3.05, 3.63) is 71.3 Å². The van der Waals surface area contributed by atoms with Gasteiger partial charge in [0, 0.05) is 43.9 Å². The summed E-state index contributed by atoms with van der Waals surface area (Å²) in [6.07, 6.45) is 1.59. The van der Waals surface area contributed by atoms with Crippen LogP contribution in [-0.2, 0) is 11.2 Å². The third-order valence-corrected chi connectivity index (χ3v) is 4.69. The summed E-state index contributed by atoms with van der Waals surface area (Å²) in [4.78, 5) is 38.9. The minimum Gasteiger partial charge on any atom is -0.352 e. The number of piperazine rings is 1. The van der Waals surface area contributed by atoms with Gasteiger partial charge in [0.05, 0.1) is 0 Å². The number of nitrogens with one attached hydrogen (secondary N) is 1. The van der Waals surface area contributed by atoms with Gasteiger partial charge in [0.2, 0.25) is 6.41 Å². The molecule has 0 radical (unpaired) electrons. The Balaban J connectivity index is 1.51. The molecule has 140 valence electrons. The standard InChI is InChI=1S/C21H23N3O3/c25-16-23-12-14-24(15-13-23)21(27)19-8-6-18(7-9-19)20(26)22-11-10-17-4-2-1-3-5-17/h1-9,16H,10-15H2,(H,22,26). The molecule has 3 rings (SSSR count). The van der Waals surface area contributed by atoms with Crippen molar-refractivity contribution in [3.8, 4) is 0 Å². The second kappa shape index (κ2) is 8.98. The lowest BCUT2D eigenvalue weighted by Gasteiger charge is -2.32. The Morgan fingerprint density at radius 2 is 1.52 bits per heavy atom. The van der Waals surface area contributed by atoms with Gasteiger partial charge in [-0.3, -0.25) is 14.4 Å². The van der Waals surface area contributed by atoms with E-state index >= 15 is 0 Å². The molecule has 1 heterocycles. The fourth-order valence-corrected chi connectivity index (χ4v) is 3.04. The van der Waals surface area contributed by atoms with Crippen LogP contribution in [0.5, 0.6) is 0 Å². The topological polar surface area (TPSA) is 69.7 Å². The number of carbonyl (C=O) groups excluding carboxylic acids is 3. The van der Waals surface area contributed by atoms with Gasteiger partial charge in [-0.2, -0.15) is 0 Å². The van der Waals surface area contributed by atoms with Crippen molar-refractivity contribution in [2.75, 3.05) is 32.7 Å². The minimum absolute atomic E-state index is 0.0726. The molecule has 6 heteroatoms. The number of benzene rings is 2. The zero-order chi connectivity index (χ0) is 19.1. The third-order valence-electron chi connectivity index (χ3n) is 4.69. The van der Waals surface area contributed by atoms with Crippen molar-refractivity contribution in [2.45, 2.75) is 6.42 Å². The Kier molecular flexibility index (Phi) is 6.20. The van der Waals surface area contributed by atoms with Gasteiger partial charge in [0.25, 0.3) is 11.8 Å². The third kappa shape index (κ3) is 4.94. The highest BCUT2D eigenvalue weighted by molar-refractivity contribution is 5.97. The van der Waals surface area contributed by atoms with Gasteiger partial charge in [0.15, 0.2) is 0 Å². The van der Waals surface area contributed by atoms with Crippen LogP contribution in [0.3, 0.4) is 0 Å². The van der Waals surface area contributed by atoms with Crippen LogP contribution in [0.1, 0.15) is 26.3 Å². The molecule has 2 aromatic carbocycles. The van der Waals surface area contributed by atoms with Crippen LogP contribution in [-0.4, -0.2) is 60.7 Å². The van der Waals surface area contributed by atoms with E-state index in [1.807, 2.05) is 30.3 Å². The van der Waals surface area contributed by atoms with Gasteiger partial charge >= 0.3 is 0 Å². The van der Waals surface area contributed by atoms with E-state index in [1.54, 1.807) is 34.1 Å². The van der Waals surface area contributed by atoms with Gasteiger partial charge in [-0.1, -0.05) is 30.3 Å². The molecule has 1 aliphatic heterocycles. The summed E-state index contributed by atoms with van der Waals surface area (Å²) in [5, 5.41) is 2.90. The molecule has 1 aliphatic rings. The summed E-state index contributed by atoms with van der Waals surface area (Å²) in [6.45, 7) is 2.72. The molecule has 0 unspecified atom stereocenters. The van der Waals surface area contributed by atoms with Crippen molar-refractivity contribution in [3.63, 3.8) is 0 Å². The summed E-state index contributed by atoms with van der Waals surface area (Å²) in [5.41, 5.74) is 2.26. The Labute approximate surface area is 158 Å². The molecule has 1 N–H and O–H groups in total. The van der Waals surface area contributed by atoms with E-state index in [1.165, 1.54) is 5.56 Å². The number of hydrogen-bond donors (Lipinski definition) is 1. The average molecular weight is 365 g/mol. The Morgan fingerprint density at radius 3 is 2.15 bits per heavy atom. The van der Waals surface area contributed by atoms with Crippen molar-refractivity contribution in [1.82, 2.24) is 15.1 Å². The molecule has 0 spiro atoms. The zero-order valence-corrected chi connectivity index (χ0v) is 15.1. The largest absolute Gasteiger partial charge is 0.352 e. The first-order valence-electron chi connectivity index (χ1n) is 9.08. The molecule has 0 aromatic heterocycles. The molecular weight excluding hydrogens is 342 g/mol. The van der Waals surface area contributed by atoms with E-state index in [0.717, 1.165) is 12.8 Å². The van der Waals surface area contributed by atoms with Crippen LogP contribution < -0.4 is 5.32 Å². The van der Waals surface area contributed by atoms with Crippen LogP contribution >= 0.6 is 0 Å². The average Bonchev–Trinajstić information content (AvgIpc) is 2.74. The summed E-state index contributed by atoms with van der Waals surface area (Å²) in [7, 11) is 0. The molecule has 0 atom stereocenters. The monoisotopic (exact) mass is 365 g/mol. The van der Waals surface area contributed by atoms with Crippen LogP contribution in [0.25, 0.3) is 0 Å². The summed E-state index contributed by atoms with van der Waals surface area (Å²) < 4.78 is 0. The van der Waals surface area contributed by atoms with Gasteiger partial charge in [-0.15, -0.1) is 0 Å². The smallest absolute Gasteiger partial charge is 0.253 e. The van der Waals surface area contributed by atoms with Crippen LogP contribution in [0.15, 0.2) is 54.6 Å². The van der Waals surface area contributed by atoms with E-state index in [2.05, 4.69) is 5.32 Å². The van der Waals surface area contributed by atoms with Gasteiger partial charge in [0.1, 0.15) is 0 Å².